The number of hydrogen-bond donors (Lipinski definition) is 2. The van der Waals surface area contributed by atoms with Gasteiger partial charge in [-0.15, -0.1) is 0 Å². The van der Waals surface area contributed by atoms with Crippen molar-refractivity contribution in [3.8, 4) is 11.5 Å². The molecule has 0 bridgehead atoms. The monoisotopic (exact) mass is 426 g/mol. The van der Waals surface area contributed by atoms with E-state index in [1.165, 1.54) is 6.92 Å². The number of esters is 1. The fraction of sp³-hybridized carbons (Fsp3) is 0.680. The van der Waals surface area contributed by atoms with E-state index in [1.54, 1.807) is 6.07 Å². The molecule has 1 spiro atoms. The molecule has 2 fully saturated rings. The second-order valence-corrected chi connectivity index (χ2v) is 11.0. The number of carbonyl (C=O) groups is 1. The van der Waals surface area contributed by atoms with Crippen molar-refractivity contribution in [3.05, 3.63) is 22.8 Å². The Morgan fingerprint density at radius 2 is 2.00 bits per heavy atom. The van der Waals surface area contributed by atoms with Gasteiger partial charge >= 0.3 is 5.97 Å². The maximum Gasteiger partial charge on any atom is 0.302 e. The fourth-order valence-corrected chi connectivity index (χ4v) is 7.34. The minimum atomic E-state index is -0.378. The normalized spacial score (nSPS) is 37.5. The van der Waals surface area contributed by atoms with E-state index in [0.717, 1.165) is 54.5 Å². The number of phenols is 1. The average molecular weight is 427 g/mol. The van der Waals surface area contributed by atoms with Gasteiger partial charge in [-0.1, -0.05) is 27.7 Å². The van der Waals surface area contributed by atoms with Crippen LogP contribution < -0.4 is 10.5 Å². The van der Waals surface area contributed by atoms with Crippen molar-refractivity contribution in [1.29, 1.82) is 0 Å². The Labute approximate surface area is 184 Å². The first kappa shape index (κ1) is 20.7. The van der Waals surface area contributed by atoms with Gasteiger partial charge in [0.05, 0.1) is 6.54 Å². The lowest BCUT2D eigenvalue weighted by Crippen LogP contribution is -2.70. The van der Waals surface area contributed by atoms with Crippen molar-refractivity contribution in [1.82, 2.24) is 0 Å². The van der Waals surface area contributed by atoms with Gasteiger partial charge in [0.1, 0.15) is 29.0 Å². The second-order valence-electron chi connectivity index (χ2n) is 11.0. The SMILES string of the molecule is CC(=O)OC1CCC23Oc4c(c(O)cc5c4CN=C5N)CC2(C)C(C)CCC3C1(C)C. The molecule has 1 aromatic rings. The summed E-state index contributed by atoms with van der Waals surface area (Å²) in [6.07, 6.45) is 4.40. The molecule has 6 nitrogen and oxygen atoms in total. The minimum Gasteiger partial charge on any atom is -0.508 e. The molecule has 2 aliphatic carbocycles. The van der Waals surface area contributed by atoms with Crippen LogP contribution in [0.5, 0.6) is 11.5 Å². The van der Waals surface area contributed by atoms with Crippen molar-refractivity contribution in [2.24, 2.45) is 33.4 Å². The Hall–Kier alpha value is -2.24. The Balaban J connectivity index is 1.66. The van der Waals surface area contributed by atoms with E-state index in [2.05, 4.69) is 32.7 Å². The van der Waals surface area contributed by atoms with Crippen molar-refractivity contribution in [2.75, 3.05) is 0 Å². The standard InChI is InChI=1S/C25H34N2O4/c1-13-6-7-19-23(3,4)20(30-14(2)28)8-9-25(19)24(13,5)11-16-18(29)10-15-17(21(16)31-25)12-27-22(15)26/h10,13,19-20,29H,6-9,11-12H2,1-5H3,(H2,26,27). The molecule has 0 aromatic heterocycles. The van der Waals surface area contributed by atoms with Crippen LogP contribution in [0.3, 0.4) is 0 Å². The van der Waals surface area contributed by atoms with Gasteiger partial charge in [0.15, 0.2) is 0 Å². The first-order chi connectivity index (χ1) is 14.5. The number of rotatable bonds is 1. The zero-order valence-electron chi connectivity index (χ0n) is 19.2. The highest BCUT2D eigenvalue weighted by Crippen LogP contribution is 2.67. The third-order valence-electron chi connectivity index (χ3n) is 9.29. The first-order valence-electron chi connectivity index (χ1n) is 11.6. The highest BCUT2D eigenvalue weighted by Gasteiger charge is 2.68. The van der Waals surface area contributed by atoms with Crippen LogP contribution in [-0.2, 0) is 22.5 Å². The van der Waals surface area contributed by atoms with Gasteiger partial charge in [-0.3, -0.25) is 9.79 Å². The minimum absolute atomic E-state index is 0.114. The number of benzene rings is 1. The average Bonchev–Trinajstić information content (AvgIpc) is 3.05. The summed E-state index contributed by atoms with van der Waals surface area (Å²) in [5.41, 5.74) is 8.07. The summed E-state index contributed by atoms with van der Waals surface area (Å²) >= 11 is 0. The van der Waals surface area contributed by atoms with Crippen LogP contribution in [0.4, 0.5) is 0 Å². The van der Waals surface area contributed by atoms with Gasteiger partial charge in [0.2, 0.25) is 0 Å². The number of carbonyl (C=O) groups excluding carboxylic acids is 1. The Morgan fingerprint density at radius 3 is 2.71 bits per heavy atom. The summed E-state index contributed by atoms with van der Waals surface area (Å²) in [6, 6.07) is 1.76. The quantitative estimate of drug-likeness (QED) is 0.660. The molecular weight excluding hydrogens is 392 g/mol. The molecule has 31 heavy (non-hydrogen) atoms. The molecule has 5 rings (SSSR count). The highest BCUT2D eigenvalue weighted by atomic mass is 16.5. The molecule has 0 radical (unpaired) electrons. The van der Waals surface area contributed by atoms with Gasteiger partial charge in [-0.05, 0) is 44.1 Å². The van der Waals surface area contributed by atoms with E-state index in [9.17, 15) is 9.90 Å². The number of amidine groups is 1. The van der Waals surface area contributed by atoms with E-state index in [-0.39, 0.29) is 40.2 Å². The van der Waals surface area contributed by atoms with E-state index in [4.69, 9.17) is 15.2 Å². The van der Waals surface area contributed by atoms with Crippen LogP contribution in [0.1, 0.15) is 77.0 Å². The Bertz CT molecular complexity index is 1000. The van der Waals surface area contributed by atoms with Crippen LogP contribution in [-0.4, -0.2) is 28.6 Å². The van der Waals surface area contributed by atoms with Crippen LogP contribution in [0.2, 0.25) is 0 Å². The molecule has 5 unspecified atom stereocenters. The molecule has 0 amide bonds. The molecule has 5 atom stereocenters. The van der Waals surface area contributed by atoms with E-state index >= 15 is 0 Å². The third-order valence-corrected chi connectivity index (χ3v) is 9.29. The summed E-state index contributed by atoms with van der Waals surface area (Å²) in [5, 5.41) is 10.9. The fourth-order valence-electron chi connectivity index (χ4n) is 7.34. The highest BCUT2D eigenvalue weighted by molar-refractivity contribution is 6.02. The number of hydrogen-bond acceptors (Lipinski definition) is 6. The first-order valence-corrected chi connectivity index (χ1v) is 11.6. The van der Waals surface area contributed by atoms with Crippen LogP contribution in [0.15, 0.2) is 11.1 Å². The number of aliphatic imine (C=N–C) groups is 1. The van der Waals surface area contributed by atoms with Gasteiger partial charge in [0.25, 0.3) is 0 Å². The van der Waals surface area contributed by atoms with Crippen LogP contribution in [0.25, 0.3) is 0 Å². The van der Waals surface area contributed by atoms with E-state index in [0.29, 0.717) is 18.3 Å². The predicted molar refractivity (Wildman–Crippen MR) is 118 cm³/mol. The molecule has 0 saturated heterocycles. The number of nitrogens with two attached hydrogens (primary N) is 1. The smallest absolute Gasteiger partial charge is 0.302 e. The number of phenolic OH excluding ortho intramolecular Hbond substituents is 1. The summed E-state index contributed by atoms with van der Waals surface area (Å²) in [6.45, 7) is 11.1. The summed E-state index contributed by atoms with van der Waals surface area (Å²) in [4.78, 5) is 16.2. The lowest BCUT2D eigenvalue weighted by Gasteiger charge is -2.67. The van der Waals surface area contributed by atoms with Crippen molar-refractivity contribution < 1.29 is 19.4 Å². The summed E-state index contributed by atoms with van der Waals surface area (Å²) in [7, 11) is 0. The molecule has 2 heterocycles. The maximum absolute atomic E-state index is 11.8. The topological polar surface area (TPSA) is 94.1 Å². The second kappa shape index (κ2) is 6.39. The molecule has 1 aromatic carbocycles. The number of nitrogens with zero attached hydrogens (tertiary/aromatic N) is 1. The number of fused-ring (bicyclic) bond motifs is 3. The Kier molecular flexibility index (Phi) is 4.26. The van der Waals surface area contributed by atoms with Gasteiger partial charge in [-0.25, -0.2) is 0 Å². The lowest BCUT2D eigenvalue weighted by molar-refractivity contribution is -0.238. The van der Waals surface area contributed by atoms with Crippen molar-refractivity contribution in [2.45, 2.75) is 85.0 Å². The molecule has 2 aliphatic heterocycles. The molecule has 6 heteroatoms. The molecule has 3 N–H and O–H groups in total. The van der Waals surface area contributed by atoms with E-state index < -0.39 is 0 Å². The van der Waals surface area contributed by atoms with Crippen LogP contribution in [0, 0.1) is 22.7 Å². The van der Waals surface area contributed by atoms with Gasteiger partial charge in [-0.2, -0.15) is 0 Å². The predicted octanol–water partition coefficient (Wildman–Crippen LogP) is 4.09. The third kappa shape index (κ3) is 2.56. The number of aromatic hydroxyl groups is 1. The Morgan fingerprint density at radius 1 is 1.26 bits per heavy atom. The van der Waals surface area contributed by atoms with Crippen molar-refractivity contribution >= 4 is 11.8 Å². The zero-order valence-corrected chi connectivity index (χ0v) is 19.2. The summed E-state index contributed by atoms with van der Waals surface area (Å²) in [5.74, 6) is 1.99. The van der Waals surface area contributed by atoms with Gasteiger partial charge in [0, 0.05) is 40.4 Å². The molecule has 2 saturated carbocycles. The molecular formula is C25H34N2O4. The maximum atomic E-state index is 11.8. The zero-order chi connectivity index (χ0) is 22.3. The number of ether oxygens (including phenoxy) is 2. The van der Waals surface area contributed by atoms with Gasteiger partial charge < -0.3 is 20.3 Å². The molecule has 4 aliphatic rings. The van der Waals surface area contributed by atoms with Crippen molar-refractivity contribution in [3.63, 3.8) is 0 Å². The summed E-state index contributed by atoms with van der Waals surface area (Å²) < 4.78 is 12.9. The molecule has 168 valence electrons. The lowest BCUT2D eigenvalue weighted by atomic mass is 9.43. The largest absolute Gasteiger partial charge is 0.508 e. The van der Waals surface area contributed by atoms with Crippen LogP contribution >= 0.6 is 0 Å². The van der Waals surface area contributed by atoms with E-state index in [1.807, 2.05) is 0 Å².